The molecule has 1 unspecified atom stereocenters. The molecule has 0 N–H and O–H groups in total. The number of hydrogen-bond acceptors (Lipinski definition) is 5. The quantitative estimate of drug-likeness (QED) is 0.410. The first-order valence-electron chi connectivity index (χ1n) is 14.9. The Kier molecular flexibility index (Phi) is 7.66. The number of hydrogen-bond donors (Lipinski definition) is 0. The molecule has 1 saturated carbocycles. The minimum Gasteiger partial charge on any atom is -0.320 e. The Hall–Kier alpha value is -3.61. The van der Waals surface area contributed by atoms with Crippen LogP contribution in [-0.4, -0.2) is 62.4 Å². The van der Waals surface area contributed by atoms with Crippen molar-refractivity contribution in [3.8, 4) is 0 Å². The van der Waals surface area contributed by atoms with E-state index < -0.39 is 47.5 Å². The number of aromatic nitrogens is 4. The highest BCUT2D eigenvalue weighted by molar-refractivity contribution is 6.04. The summed E-state index contributed by atoms with van der Waals surface area (Å²) < 4.78 is 73.1. The van der Waals surface area contributed by atoms with Crippen LogP contribution in [0.4, 0.5) is 27.6 Å². The van der Waals surface area contributed by atoms with Crippen LogP contribution in [0.5, 0.6) is 0 Å². The summed E-state index contributed by atoms with van der Waals surface area (Å²) >= 11 is 0. The van der Waals surface area contributed by atoms with E-state index in [4.69, 9.17) is 0 Å². The predicted octanol–water partition coefficient (Wildman–Crippen LogP) is 4.97. The molecule has 13 heteroatoms. The summed E-state index contributed by atoms with van der Waals surface area (Å²) in [5, 5.41) is 8.25. The third-order valence-electron chi connectivity index (χ3n) is 9.33. The Morgan fingerprint density at radius 2 is 1.89 bits per heavy atom. The van der Waals surface area contributed by atoms with Crippen molar-refractivity contribution in [3.05, 3.63) is 75.4 Å². The number of aryl methyl sites for hydroxylation is 1. The summed E-state index contributed by atoms with van der Waals surface area (Å²) in [6.45, 7) is 4.98. The first kappa shape index (κ1) is 30.4. The van der Waals surface area contributed by atoms with Crippen molar-refractivity contribution >= 4 is 11.6 Å². The molecule has 2 aromatic heterocycles. The van der Waals surface area contributed by atoms with Crippen LogP contribution in [0, 0.1) is 17.8 Å². The number of alkyl halides is 5. The molecule has 2 aromatic rings. The van der Waals surface area contributed by atoms with Crippen LogP contribution in [0.1, 0.15) is 50.9 Å². The summed E-state index contributed by atoms with van der Waals surface area (Å²) in [6, 6.07) is 1.45. The molecule has 2 fully saturated rings. The van der Waals surface area contributed by atoms with Gasteiger partial charge in [-0.05, 0) is 72.9 Å². The number of allylic oxidation sites excluding steroid dienone is 1. The number of rotatable bonds is 7. The van der Waals surface area contributed by atoms with Crippen molar-refractivity contribution < 1.29 is 26.7 Å². The van der Waals surface area contributed by atoms with Gasteiger partial charge in [0.15, 0.2) is 0 Å². The number of halogens is 5. The minimum atomic E-state index is -4.75. The van der Waals surface area contributed by atoms with E-state index in [1.165, 1.54) is 18.6 Å². The lowest BCUT2D eigenvalue weighted by Gasteiger charge is -2.46. The average Bonchev–Trinajstić information content (AvgIpc) is 3.50. The van der Waals surface area contributed by atoms with Crippen LogP contribution in [0.25, 0.3) is 0 Å². The first-order chi connectivity index (χ1) is 20.8. The van der Waals surface area contributed by atoms with Crippen molar-refractivity contribution in [1.29, 1.82) is 0 Å². The minimum absolute atomic E-state index is 0.259. The lowest BCUT2D eigenvalue weighted by Crippen LogP contribution is -2.44. The number of amides is 1. The summed E-state index contributed by atoms with van der Waals surface area (Å²) in [5.74, 6) is -0.728. The van der Waals surface area contributed by atoms with Crippen molar-refractivity contribution in [2.24, 2.45) is 24.8 Å². The summed E-state index contributed by atoms with van der Waals surface area (Å²) in [4.78, 5) is 30.5. The van der Waals surface area contributed by atoms with E-state index in [-0.39, 0.29) is 23.7 Å². The van der Waals surface area contributed by atoms with Crippen molar-refractivity contribution in [3.63, 3.8) is 0 Å². The van der Waals surface area contributed by atoms with Gasteiger partial charge in [0.1, 0.15) is 17.8 Å². The zero-order valence-corrected chi connectivity index (χ0v) is 24.8. The molecule has 8 nitrogen and oxygen atoms in total. The van der Waals surface area contributed by atoms with Crippen LogP contribution in [0.3, 0.4) is 0 Å². The maximum absolute atomic E-state index is 14.4. The molecule has 4 heterocycles. The molecule has 0 radical (unpaired) electrons. The molecular formula is C31H35F5N6O2. The van der Waals surface area contributed by atoms with Crippen molar-refractivity contribution in [2.45, 2.75) is 64.1 Å². The smallest absolute Gasteiger partial charge is 0.320 e. The Labute approximate surface area is 251 Å². The molecule has 0 aromatic carbocycles. The van der Waals surface area contributed by atoms with Gasteiger partial charge in [0.05, 0.1) is 23.5 Å². The van der Waals surface area contributed by atoms with Gasteiger partial charge < -0.3 is 9.13 Å². The van der Waals surface area contributed by atoms with Crippen LogP contribution in [0.2, 0.25) is 0 Å². The number of likely N-dealkylation sites (tertiary alicyclic amines) is 1. The zero-order chi connectivity index (χ0) is 31.6. The van der Waals surface area contributed by atoms with E-state index in [1.54, 1.807) is 17.7 Å². The standard InChI is InChI=1S/C31H35F5N6O2/c1-18-5-4-6-40(12-18)13-20-7-22-23(24(8-20)31(34,35)36)15-42(27(22)43)25-9-21(14-41(28(25)44)16-26(32)33)30(10-19(2)11-30)29-38-37-17-39(29)3/h7-9,14-15,17-19,22,26H,4-6,10-13,16H2,1-3H3/t18-,19?,22?,30?/m0/s1. The van der Waals surface area contributed by atoms with Crippen molar-refractivity contribution in [2.75, 3.05) is 24.5 Å². The van der Waals surface area contributed by atoms with Gasteiger partial charge in [-0.1, -0.05) is 19.9 Å². The second-order valence-electron chi connectivity index (χ2n) is 12.9. The largest absolute Gasteiger partial charge is 0.416 e. The molecular weight excluding hydrogens is 583 g/mol. The van der Waals surface area contributed by atoms with Gasteiger partial charge in [0.2, 0.25) is 5.91 Å². The van der Waals surface area contributed by atoms with Gasteiger partial charge >= 0.3 is 6.18 Å². The number of carbonyl (C=O) groups is 1. The number of nitrogens with zero attached hydrogens (tertiary/aromatic N) is 6. The number of carbonyl (C=O) groups excluding carboxylic acids is 1. The Morgan fingerprint density at radius 3 is 2.50 bits per heavy atom. The summed E-state index contributed by atoms with van der Waals surface area (Å²) in [7, 11) is 1.76. The maximum Gasteiger partial charge on any atom is 0.416 e. The van der Waals surface area contributed by atoms with Crippen LogP contribution >= 0.6 is 0 Å². The van der Waals surface area contributed by atoms with Crippen LogP contribution < -0.4 is 10.5 Å². The summed E-state index contributed by atoms with van der Waals surface area (Å²) in [6.07, 6.45) is 2.12. The Bertz CT molecular complexity index is 1610. The Balaban J connectivity index is 1.44. The molecule has 6 rings (SSSR count). The van der Waals surface area contributed by atoms with Crippen LogP contribution in [0.15, 0.2) is 58.5 Å². The highest BCUT2D eigenvalue weighted by Gasteiger charge is 2.50. The van der Waals surface area contributed by atoms with E-state index in [9.17, 15) is 31.5 Å². The van der Waals surface area contributed by atoms with E-state index in [1.807, 2.05) is 6.92 Å². The molecule has 0 spiro atoms. The molecule has 2 aliphatic carbocycles. The molecule has 1 amide bonds. The Morgan fingerprint density at radius 1 is 1.14 bits per heavy atom. The second kappa shape index (κ2) is 11.1. The van der Waals surface area contributed by atoms with Gasteiger partial charge in [-0.15, -0.1) is 10.2 Å². The lowest BCUT2D eigenvalue weighted by atomic mass is 9.59. The maximum atomic E-state index is 14.4. The van der Waals surface area contributed by atoms with Gasteiger partial charge in [-0.3, -0.25) is 19.4 Å². The molecule has 0 bridgehead atoms. The van der Waals surface area contributed by atoms with Gasteiger partial charge in [-0.2, -0.15) is 13.2 Å². The van der Waals surface area contributed by atoms with Gasteiger partial charge in [-0.25, -0.2) is 8.78 Å². The monoisotopic (exact) mass is 618 g/mol. The van der Waals surface area contributed by atoms with E-state index in [0.717, 1.165) is 47.7 Å². The fraction of sp³-hybridized carbons (Fsp3) is 0.548. The molecule has 44 heavy (non-hydrogen) atoms. The third kappa shape index (κ3) is 5.33. The summed E-state index contributed by atoms with van der Waals surface area (Å²) in [5.41, 5.74) is -2.26. The molecule has 4 aliphatic rings. The fourth-order valence-electron chi connectivity index (χ4n) is 7.45. The zero-order valence-electron chi connectivity index (χ0n) is 24.8. The fourth-order valence-corrected chi connectivity index (χ4v) is 7.45. The van der Waals surface area contributed by atoms with Gasteiger partial charge in [0, 0.05) is 32.5 Å². The predicted molar refractivity (Wildman–Crippen MR) is 153 cm³/mol. The topological polar surface area (TPSA) is 76.3 Å². The number of anilines is 1. The lowest BCUT2D eigenvalue weighted by molar-refractivity contribution is -0.119. The van der Waals surface area contributed by atoms with Crippen molar-refractivity contribution in [1.82, 2.24) is 24.2 Å². The first-order valence-corrected chi connectivity index (χ1v) is 14.9. The third-order valence-corrected chi connectivity index (χ3v) is 9.33. The molecule has 1 saturated heterocycles. The van der Waals surface area contributed by atoms with E-state index >= 15 is 0 Å². The van der Waals surface area contributed by atoms with E-state index in [2.05, 4.69) is 22.0 Å². The average molecular weight is 619 g/mol. The molecule has 2 aliphatic heterocycles. The molecule has 2 atom stereocenters. The highest BCUT2D eigenvalue weighted by Crippen LogP contribution is 2.52. The van der Waals surface area contributed by atoms with Crippen LogP contribution in [-0.2, 0) is 23.8 Å². The number of pyridine rings is 1. The second-order valence-corrected chi connectivity index (χ2v) is 12.9. The highest BCUT2D eigenvalue weighted by atomic mass is 19.4. The number of fused-ring (bicyclic) bond motifs is 1. The number of piperidine rings is 1. The van der Waals surface area contributed by atoms with Gasteiger partial charge in [0.25, 0.3) is 12.0 Å². The van der Waals surface area contributed by atoms with E-state index in [0.29, 0.717) is 35.7 Å². The molecule has 236 valence electrons. The normalized spacial score (nSPS) is 27.7. The SMILES string of the molecule is CC1CC(c2cc(N3C=C4C(C(F)(F)F)=CC(CN5CCC[C@H](C)C5)=CC4C3=O)c(=O)n(CC(F)F)c2)(c2nncn2C)C1.